The summed E-state index contributed by atoms with van der Waals surface area (Å²) in [5, 5.41) is 5.92. The molecule has 16 heavy (non-hydrogen) atoms. The molecule has 88 valence electrons. The molecule has 0 aliphatic carbocycles. The zero-order valence-corrected chi connectivity index (χ0v) is 9.73. The molecule has 1 atom stereocenters. The highest BCUT2D eigenvalue weighted by molar-refractivity contribution is 5.78. The molecule has 0 radical (unpaired) electrons. The maximum Gasteiger partial charge on any atom is 0.222 e. The van der Waals surface area contributed by atoms with Gasteiger partial charge in [0.25, 0.3) is 0 Å². The zero-order valence-electron chi connectivity index (χ0n) is 9.73. The summed E-state index contributed by atoms with van der Waals surface area (Å²) in [6, 6.07) is 0. The lowest BCUT2D eigenvalue weighted by molar-refractivity contribution is -0.124. The Morgan fingerprint density at radius 1 is 1.44 bits per heavy atom. The third-order valence-electron chi connectivity index (χ3n) is 2.35. The minimum atomic E-state index is 0.0801. The van der Waals surface area contributed by atoms with Gasteiger partial charge < -0.3 is 10.6 Å². The highest BCUT2D eigenvalue weighted by Crippen LogP contribution is 1.99. The van der Waals surface area contributed by atoms with E-state index >= 15 is 0 Å². The molecule has 1 aromatic rings. The van der Waals surface area contributed by atoms with E-state index in [1.165, 1.54) is 0 Å². The third-order valence-corrected chi connectivity index (χ3v) is 2.35. The van der Waals surface area contributed by atoms with E-state index in [2.05, 4.69) is 20.6 Å². The van der Waals surface area contributed by atoms with Crippen LogP contribution in [0.25, 0.3) is 0 Å². The Kier molecular flexibility index (Phi) is 5.25. The predicted molar refractivity (Wildman–Crippen MR) is 63.0 cm³/mol. The van der Waals surface area contributed by atoms with Gasteiger partial charge in [-0.1, -0.05) is 13.8 Å². The first-order valence-corrected chi connectivity index (χ1v) is 5.51. The Morgan fingerprint density at radius 2 is 2.25 bits per heavy atom. The number of carbonyl (C=O) groups excluding carboxylic acids is 1. The first-order chi connectivity index (χ1) is 7.74. The van der Waals surface area contributed by atoms with E-state index in [-0.39, 0.29) is 11.8 Å². The maximum absolute atomic E-state index is 11.4. The summed E-state index contributed by atoms with van der Waals surface area (Å²) in [5.74, 6) is 0.903. The SMILES string of the molecule is CCC(C)C(=O)NCCNc1cnccn1. The molecular weight excluding hydrogens is 204 g/mol. The molecule has 5 nitrogen and oxygen atoms in total. The second kappa shape index (κ2) is 6.76. The van der Waals surface area contributed by atoms with E-state index < -0.39 is 0 Å². The van der Waals surface area contributed by atoms with Crippen LogP contribution in [0.15, 0.2) is 18.6 Å². The summed E-state index contributed by atoms with van der Waals surface area (Å²) < 4.78 is 0. The van der Waals surface area contributed by atoms with E-state index in [0.29, 0.717) is 13.1 Å². The van der Waals surface area contributed by atoms with E-state index in [4.69, 9.17) is 0 Å². The van der Waals surface area contributed by atoms with Crippen molar-refractivity contribution in [3.05, 3.63) is 18.6 Å². The fourth-order valence-electron chi connectivity index (χ4n) is 1.13. The monoisotopic (exact) mass is 222 g/mol. The second-order valence-electron chi connectivity index (χ2n) is 3.62. The zero-order chi connectivity index (χ0) is 11.8. The number of anilines is 1. The predicted octanol–water partition coefficient (Wildman–Crippen LogP) is 1.05. The summed E-state index contributed by atoms with van der Waals surface area (Å²) in [7, 11) is 0. The largest absolute Gasteiger partial charge is 0.367 e. The van der Waals surface area contributed by atoms with E-state index in [0.717, 1.165) is 12.2 Å². The van der Waals surface area contributed by atoms with Crippen LogP contribution in [-0.4, -0.2) is 29.0 Å². The quantitative estimate of drug-likeness (QED) is 0.706. The molecule has 1 aromatic heterocycles. The Hall–Kier alpha value is -1.65. The van der Waals surface area contributed by atoms with E-state index in [9.17, 15) is 4.79 Å². The lowest BCUT2D eigenvalue weighted by atomic mass is 10.1. The molecule has 1 unspecified atom stereocenters. The van der Waals surface area contributed by atoms with E-state index in [1.807, 2.05) is 13.8 Å². The molecule has 2 N–H and O–H groups in total. The number of hydrogen-bond donors (Lipinski definition) is 2. The van der Waals surface area contributed by atoms with Gasteiger partial charge in [-0.3, -0.25) is 9.78 Å². The first kappa shape index (κ1) is 12.4. The van der Waals surface area contributed by atoms with Gasteiger partial charge in [-0.15, -0.1) is 0 Å². The van der Waals surface area contributed by atoms with Crippen LogP contribution in [0.3, 0.4) is 0 Å². The molecule has 0 saturated heterocycles. The highest BCUT2D eigenvalue weighted by atomic mass is 16.1. The van der Waals surface area contributed by atoms with Gasteiger partial charge in [0.1, 0.15) is 5.82 Å². The number of aromatic nitrogens is 2. The van der Waals surface area contributed by atoms with Crippen LogP contribution in [0.2, 0.25) is 0 Å². The topological polar surface area (TPSA) is 66.9 Å². The minimum Gasteiger partial charge on any atom is -0.367 e. The van der Waals surface area contributed by atoms with Crippen LogP contribution in [-0.2, 0) is 4.79 Å². The van der Waals surface area contributed by atoms with Crippen LogP contribution in [0.1, 0.15) is 20.3 Å². The van der Waals surface area contributed by atoms with Crippen LogP contribution in [0.4, 0.5) is 5.82 Å². The summed E-state index contributed by atoms with van der Waals surface area (Å²) in [5.41, 5.74) is 0. The number of nitrogens with zero attached hydrogens (tertiary/aromatic N) is 2. The standard InChI is InChI=1S/C11H18N4O/c1-3-9(2)11(16)15-7-6-14-10-8-12-4-5-13-10/h4-5,8-9H,3,6-7H2,1-2H3,(H,13,14)(H,15,16). The van der Waals surface area contributed by atoms with Crippen molar-refractivity contribution >= 4 is 11.7 Å². The molecule has 1 amide bonds. The minimum absolute atomic E-state index is 0.0801. The van der Waals surface area contributed by atoms with Crippen LogP contribution >= 0.6 is 0 Å². The summed E-state index contributed by atoms with van der Waals surface area (Å²) >= 11 is 0. The van der Waals surface area contributed by atoms with Gasteiger partial charge in [0.05, 0.1) is 6.20 Å². The van der Waals surface area contributed by atoms with Crippen LogP contribution in [0, 0.1) is 5.92 Å². The van der Waals surface area contributed by atoms with Crippen molar-refractivity contribution in [1.29, 1.82) is 0 Å². The van der Waals surface area contributed by atoms with Crippen molar-refractivity contribution in [1.82, 2.24) is 15.3 Å². The van der Waals surface area contributed by atoms with Gasteiger partial charge in [-0.05, 0) is 6.42 Å². The number of rotatable bonds is 6. The lowest BCUT2D eigenvalue weighted by Gasteiger charge is -2.10. The van der Waals surface area contributed by atoms with Gasteiger partial charge in [0.15, 0.2) is 0 Å². The Bertz CT molecular complexity index is 315. The highest BCUT2D eigenvalue weighted by Gasteiger charge is 2.08. The molecule has 0 spiro atoms. The Morgan fingerprint density at radius 3 is 2.88 bits per heavy atom. The average Bonchev–Trinajstić information content (AvgIpc) is 2.34. The molecule has 5 heteroatoms. The van der Waals surface area contributed by atoms with E-state index in [1.54, 1.807) is 18.6 Å². The normalized spacial score (nSPS) is 11.9. The average molecular weight is 222 g/mol. The fourth-order valence-corrected chi connectivity index (χ4v) is 1.13. The molecule has 0 bridgehead atoms. The molecule has 0 aliphatic heterocycles. The Balaban J connectivity index is 2.15. The van der Waals surface area contributed by atoms with Gasteiger partial charge in [-0.2, -0.15) is 0 Å². The third kappa shape index (κ3) is 4.25. The van der Waals surface area contributed by atoms with Crippen LogP contribution in [0.5, 0.6) is 0 Å². The van der Waals surface area contributed by atoms with Gasteiger partial charge in [-0.25, -0.2) is 4.98 Å². The number of hydrogen-bond acceptors (Lipinski definition) is 4. The number of nitrogens with one attached hydrogen (secondary N) is 2. The lowest BCUT2D eigenvalue weighted by Crippen LogP contribution is -2.32. The molecule has 0 fully saturated rings. The molecule has 1 rings (SSSR count). The van der Waals surface area contributed by atoms with Crippen molar-refractivity contribution < 1.29 is 4.79 Å². The van der Waals surface area contributed by atoms with Gasteiger partial charge in [0.2, 0.25) is 5.91 Å². The van der Waals surface area contributed by atoms with Gasteiger partial charge >= 0.3 is 0 Å². The molecular formula is C11H18N4O. The summed E-state index contributed by atoms with van der Waals surface area (Å²) in [4.78, 5) is 19.4. The molecule has 0 saturated carbocycles. The van der Waals surface area contributed by atoms with Crippen molar-refractivity contribution in [2.24, 2.45) is 5.92 Å². The Labute approximate surface area is 95.7 Å². The van der Waals surface area contributed by atoms with Crippen molar-refractivity contribution in [2.75, 3.05) is 18.4 Å². The van der Waals surface area contributed by atoms with Crippen LogP contribution < -0.4 is 10.6 Å². The van der Waals surface area contributed by atoms with Crippen molar-refractivity contribution in [3.8, 4) is 0 Å². The second-order valence-corrected chi connectivity index (χ2v) is 3.62. The molecule has 0 aliphatic rings. The molecule has 0 aromatic carbocycles. The van der Waals surface area contributed by atoms with Crippen molar-refractivity contribution in [3.63, 3.8) is 0 Å². The number of amides is 1. The first-order valence-electron chi connectivity index (χ1n) is 5.51. The van der Waals surface area contributed by atoms with Gasteiger partial charge in [0, 0.05) is 31.4 Å². The summed E-state index contributed by atoms with van der Waals surface area (Å²) in [6.45, 7) is 5.17. The fraction of sp³-hybridized carbons (Fsp3) is 0.545. The smallest absolute Gasteiger partial charge is 0.222 e. The number of carbonyl (C=O) groups is 1. The summed E-state index contributed by atoms with van der Waals surface area (Å²) in [6.07, 6.45) is 5.76. The molecule has 1 heterocycles. The van der Waals surface area contributed by atoms with Crippen molar-refractivity contribution in [2.45, 2.75) is 20.3 Å². The maximum atomic E-state index is 11.4.